The van der Waals surface area contributed by atoms with Crippen molar-refractivity contribution in [2.24, 2.45) is 0 Å². The van der Waals surface area contributed by atoms with Crippen LogP contribution in [0.4, 0.5) is 4.79 Å². The quantitative estimate of drug-likeness (QED) is 0.591. The molecule has 2 aliphatic heterocycles. The maximum atomic E-state index is 11.8. The number of carbonyl (C=O) groups is 2. The lowest BCUT2D eigenvalue weighted by molar-refractivity contribution is -0.124. The maximum absolute atomic E-state index is 11.8. The zero-order valence-electron chi connectivity index (χ0n) is 8.56. The number of hydrogen-bond acceptors (Lipinski definition) is 3. The molecule has 78 valence electrons. The molecule has 14 heavy (non-hydrogen) atoms. The van der Waals surface area contributed by atoms with Gasteiger partial charge in [-0.2, -0.15) is 0 Å². The summed E-state index contributed by atoms with van der Waals surface area (Å²) in [6.45, 7) is 3.96. The van der Waals surface area contributed by atoms with Gasteiger partial charge in [-0.05, 0) is 13.3 Å². The van der Waals surface area contributed by atoms with E-state index in [-0.39, 0.29) is 17.9 Å². The Balaban J connectivity index is 2.20. The lowest BCUT2D eigenvalue weighted by Crippen LogP contribution is -2.58. The Hall–Kier alpha value is -1.10. The fourth-order valence-corrected chi connectivity index (χ4v) is 2.08. The minimum absolute atomic E-state index is 0.0473. The SMILES string of the molecule is CC(=O)C1CCN2CCN(C)C(=O)N12. The number of nitrogens with zero attached hydrogens (tertiary/aromatic N) is 3. The topological polar surface area (TPSA) is 43.9 Å². The number of urea groups is 1. The van der Waals surface area contributed by atoms with Gasteiger partial charge in [-0.25, -0.2) is 14.8 Å². The summed E-state index contributed by atoms with van der Waals surface area (Å²) >= 11 is 0. The molecule has 0 aromatic carbocycles. The Morgan fingerprint density at radius 3 is 2.71 bits per heavy atom. The molecule has 0 bridgehead atoms. The highest BCUT2D eigenvalue weighted by Crippen LogP contribution is 2.23. The number of likely N-dealkylation sites (N-methyl/N-ethyl adjacent to an activating group) is 1. The molecule has 0 aromatic heterocycles. The normalized spacial score (nSPS) is 28.1. The summed E-state index contributed by atoms with van der Waals surface area (Å²) in [6.07, 6.45) is 0.773. The van der Waals surface area contributed by atoms with Crippen LogP contribution >= 0.6 is 0 Å². The summed E-state index contributed by atoms with van der Waals surface area (Å²) < 4.78 is 0. The van der Waals surface area contributed by atoms with Crippen LogP contribution in [0.25, 0.3) is 0 Å². The average Bonchev–Trinajstić information content (AvgIpc) is 2.55. The third-order valence-electron chi connectivity index (χ3n) is 2.95. The number of amides is 2. The second-order valence-electron chi connectivity index (χ2n) is 3.92. The van der Waals surface area contributed by atoms with Crippen LogP contribution in [0.3, 0.4) is 0 Å². The summed E-state index contributed by atoms with van der Waals surface area (Å²) in [5.74, 6) is 0.0798. The molecular formula is C9H15N3O2. The van der Waals surface area contributed by atoms with Crippen LogP contribution < -0.4 is 0 Å². The van der Waals surface area contributed by atoms with Gasteiger partial charge in [-0.1, -0.05) is 0 Å². The lowest BCUT2D eigenvalue weighted by atomic mass is 10.1. The molecule has 0 aliphatic carbocycles. The van der Waals surface area contributed by atoms with Crippen LogP contribution in [-0.4, -0.2) is 59.5 Å². The Morgan fingerprint density at radius 1 is 1.36 bits per heavy atom. The third kappa shape index (κ3) is 1.28. The van der Waals surface area contributed by atoms with E-state index >= 15 is 0 Å². The molecule has 2 aliphatic rings. The van der Waals surface area contributed by atoms with E-state index in [9.17, 15) is 9.59 Å². The molecule has 5 nitrogen and oxygen atoms in total. The van der Waals surface area contributed by atoms with Crippen molar-refractivity contribution in [2.45, 2.75) is 19.4 Å². The van der Waals surface area contributed by atoms with Gasteiger partial charge in [0.25, 0.3) is 0 Å². The molecule has 1 unspecified atom stereocenters. The molecule has 2 saturated heterocycles. The van der Waals surface area contributed by atoms with Crippen LogP contribution in [0.15, 0.2) is 0 Å². The van der Waals surface area contributed by atoms with E-state index in [1.807, 2.05) is 5.01 Å². The summed E-state index contributed by atoms with van der Waals surface area (Å²) in [6, 6.07) is -0.279. The highest BCUT2D eigenvalue weighted by molar-refractivity contribution is 5.87. The first-order chi connectivity index (χ1) is 6.61. The first-order valence-electron chi connectivity index (χ1n) is 4.91. The number of fused-ring (bicyclic) bond motifs is 1. The van der Waals surface area contributed by atoms with Crippen LogP contribution in [0.5, 0.6) is 0 Å². The highest BCUT2D eigenvalue weighted by Gasteiger charge is 2.41. The van der Waals surface area contributed by atoms with E-state index in [4.69, 9.17) is 0 Å². The number of Topliss-reactive ketones (excluding diaryl/α,β-unsaturated/α-hetero) is 1. The van der Waals surface area contributed by atoms with Gasteiger partial charge in [0.2, 0.25) is 0 Å². The first-order valence-corrected chi connectivity index (χ1v) is 4.91. The Morgan fingerprint density at radius 2 is 2.07 bits per heavy atom. The van der Waals surface area contributed by atoms with Gasteiger partial charge in [0.05, 0.1) is 0 Å². The first kappa shape index (κ1) is 9.45. The van der Waals surface area contributed by atoms with E-state index in [1.165, 1.54) is 0 Å². The Bertz CT molecular complexity index is 279. The molecule has 0 spiro atoms. The number of hydrogen-bond donors (Lipinski definition) is 0. The zero-order chi connectivity index (χ0) is 10.3. The van der Waals surface area contributed by atoms with E-state index < -0.39 is 0 Å². The highest BCUT2D eigenvalue weighted by atomic mass is 16.2. The summed E-state index contributed by atoms with van der Waals surface area (Å²) in [7, 11) is 1.77. The smallest absolute Gasteiger partial charge is 0.325 e. The van der Waals surface area contributed by atoms with Crippen molar-refractivity contribution in [1.82, 2.24) is 14.9 Å². The molecule has 2 heterocycles. The molecular weight excluding hydrogens is 182 g/mol. The van der Waals surface area contributed by atoms with E-state index in [0.717, 1.165) is 26.1 Å². The van der Waals surface area contributed by atoms with Crippen molar-refractivity contribution < 1.29 is 9.59 Å². The van der Waals surface area contributed by atoms with E-state index in [1.54, 1.807) is 23.9 Å². The van der Waals surface area contributed by atoms with E-state index in [0.29, 0.717) is 0 Å². The molecule has 0 radical (unpaired) electrons. The van der Waals surface area contributed by atoms with Crippen molar-refractivity contribution in [3.8, 4) is 0 Å². The molecule has 0 saturated carbocycles. The predicted octanol–water partition coefficient (Wildman–Crippen LogP) is -0.0679. The van der Waals surface area contributed by atoms with Gasteiger partial charge >= 0.3 is 6.03 Å². The minimum Gasteiger partial charge on any atom is -0.325 e. The fourth-order valence-electron chi connectivity index (χ4n) is 2.08. The van der Waals surface area contributed by atoms with Gasteiger partial charge in [0, 0.05) is 26.7 Å². The third-order valence-corrected chi connectivity index (χ3v) is 2.95. The molecule has 1 atom stereocenters. The second kappa shape index (κ2) is 3.24. The number of hydrazine groups is 1. The van der Waals surface area contributed by atoms with Crippen LogP contribution in [0.1, 0.15) is 13.3 Å². The summed E-state index contributed by atoms with van der Waals surface area (Å²) in [5.41, 5.74) is 0. The second-order valence-corrected chi connectivity index (χ2v) is 3.92. The minimum atomic E-state index is -0.231. The molecule has 0 aromatic rings. The van der Waals surface area contributed by atoms with Crippen LogP contribution in [-0.2, 0) is 4.79 Å². The van der Waals surface area contributed by atoms with Crippen molar-refractivity contribution in [2.75, 3.05) is 26.7 Å². The summed E-state index contributed by atoms with van der Waals surface area (Å²) in [5, 5.41) is 3.60. The van der Waals surface area contributed by atoms with Crippen molar-refractivity contribution in [1.29, 1.82) is 0 Å². The van der Waals surface area contributed by atoms with Crippen LogP contribution in [0.2, 0.25) is 0 Å². The lowest BCUT2D eigenvalue weighted by Gasteiger charge is -2.39. The predicted molar refractivity (Wildman–Crippen MR) is 50.5 cm³/mol. The summed E-state index contributed by atoms with van der Waals surface area (Å²) in [4.78, 5) is 24.8. The number of rotatable bonds is 1. The molecule has 0 N–H and O–H groups in total. The molecule has 2 fully saturated rings. The van der Waals surface area contributed by atoms with Gasteiger partial charge in [0.15, 0.2) is 5.78 Å². The molecule has 2 rings (SSSR count). The average molecular weight is 197 g/mol. The van der Waals surface area contributed by atoms with Crippen molar-refractivity contribution in [3.05, 3.63) is 0 Å². The Labute approximate surface area is 83.2 Å². The monoisotopic (exact) mass is 197 g/mol. The standard InChI is InChI=1S/C9H15N3O2/c1-7(13)8-3-4-11-6-5-10(2)9(14)12(8)11/h8H,3-6H2,1-2H3. The van der Waals surface area contributed by atoms with Gasteiger partial charge < -0.3 is 4.90 Å². The largest absolute Gasteiger partial charge is 0.335 e. The maximum Gasteiger partial charge on any atom is 0.335 e. The van der Waals surface area contributed by atoms with Gasteiger partial charge in [-0.3, -0.25) is 4.79 Å². The van der Waals surface area contributed by atoms with Gasteiger partial charge in [-0.15, -0.1) is 0 Å². The van der Waals surface area contributed by atoms with Gasteiger partial charge in [0.1, 0.15) is 6.04 Å². The molecule has 2 amide bonds. The fraction of sp³-hybridized carbons (Fsp3) is 0.778. The van der Waals surface area contributed by atoms with Crippen molar-refractivity contribution in [3.63, 3.8) is 0 Å². The number of carbonyl (C=O) groups excluding carboxylic acids is 2. The Kier molecular flexibility index (Phi) is 2.19. The van der Waals surface area contributed by atoms with Crippen LogP contribution in [0, 0.1) is 0 Å². The molecule has 5 heteroatoms. The zero-order valence-corrected chi connectivity index (χ0v) is 8.56. The number of ketones is 1. The van der Waals surface area contributed by atoms with Crippen molar-refractivity contribution >= 4 is 11.8 Å². The van der Waals surface area contributed by atoms with E-state index in [2.05, 4.69) is 0 Å².